The number of carbonyl (C=O) groups excluding carboxylic acids is 1. The molecular formula is C14H17ClN2O3. The lowest BCUT2D eigenvalue weighted by atomic mass is 10.2. The molecule has 0 radical (unpaired) electrons. The van der Waals surface area contributed by atoms with Gasteiger partial charge in [0.05, 0.1) is 10.7 Å². The van der Waals surface area contributed by atoms with Gasteiger partial charge in [-0.1, -0.05) is 24.6 Å². The van der Waals surface area contributed by atoms with Gasteiger partial charge in [-0.05, 0) is 30.4 Å². The Balaban J connectivity index is 2.07. The Labute approximate surface area is 122 Å². The van der Waals surface area contributed by atoms with Gasteiger partial charge in [0.25, 0.3) is 0 Å². The fourth-order valence-corrected chi connectivity index (χ4v) is 2.40. The predicted octanol–water partition coefficient (Wildman–Crippen LogP) is 3.16. The van der Waals surface area contributed by atoms with Crippen molar-refractivity contribution in [1.29, 1.82) is 0 Å². The molecule has 1 aromatic carbocycles. The molecule has 2 atom stereocenters. The van der Waals surface area contributed by atoms with E-state index in [-0.39, 0.29) is 22.3 Å². The summed E-state index contributed by atoms with van der Waals surface area (Å²) in [7, 11) is 1.70. The maximum absolute atomic E-state index is 12.0. The summed E-state index contributed by atoms with van der Waals surface area (Å²) in [5, 5.41) is 11.8. The molecule has 0 bridgehead atoms. The van der Waals surface area contributed by atoms with Gasteiger partial charge in [-0.3, -0.25) is 0 Å². The number of anilines is 1. The zero-order valence-corrected chi connectivity index (χ0v) is 12.1. The third kappa shape index (κ3) is 3.22. The lowest BCUT2D eigenvalue weighted by Gasteiger charge is -2.19. The van der Waals surface area contributed by atoms with Crippen molar-refractivity contribution in [2.75, 3.05) is 18.9 Å². The van der Waals surface area contributed by atoms with E-state index in [0.717, 1.165) is 6.42 Å². The number of rotatable bonds is 4. The maximum Gasteiger partial charge on any atom is 0.339 e. The number of halogens is 1. The Bertz CT molecular complexity index is 547. The van der Waals surface area contributed by atoms with E-state index >= 15 is 0 Å². The van der Waals surface area contributed by atoms with E-state index in [2.05, 4.69) is 12.2 Å². The summed E-state index contributed by atoms with van der Waals surface area (Å²) in [5.74, 6) is 0.0411. The number of nitrogens with one attached hydrogen (secondary N) is 1. The van der Waals surface area contributed by atoms with Gasteiger partial charge < -0.3 is 15.3 Å². The van der Waals surface area contributed by atoms with Crippen LogP contribution < -0.4 is 5.32 Å². The maximum atomic E-state index is 12.0. The monoisotopic (exact) mass is 296 g/mol. The molecule has 5 nitrogen and oxygen atoms in total. The summed E-state index contributed by atoms with van der Waals surface area (Å²) >= 11 is 5.86. The largest absolute Gasteiger partial charge is 0.478 e. The Morgan fingerprint density at radius 3 is 2.70 bits per heavy atom. The second-order valence-corrected chi connectivity index (χ2v) is 5.66. The minimum atomic E-state index is -1.16. The Morgan fingerprint density at radius 2 is 2.15 bits per heavy atom. The molecule has 2 unspecified atom stereocenters. The molecule has 1 aliphatic carbocycles. The van der Waals surface area contributed by atoms with Crippen LogP contribution in [0.1, 0.15) is 23.7 Å². The van der Waals surface area contributed by atoms with Gasteiger partial charge in [0, 0.05) is 13.6 Å². The molecule has 1 fully saturated rings. The predicted molar refractivity (Wildman–Crippen MR) is 77.3 cm³/mol. The molecule has 1 aliphatic rings. The van der Waals surface area contributed by atoms with Crippen LogP contribution in [0.5, 0.6) is 0 Å². The highest BCUT2D eigenvalue weighted by molar-refractivity contribution is 6.34. The van der Waals surface area contributed by atoms with Crippen LogP contribution in [0.15, 0.2) is 18.2 Å². The van der Waals surface area contributed by atoms with Gasteiger partial charge in [-0.2, -0.15) is 0 Å². The molecule has 108 valence electrons. The van der Waals surface area contributed by atoms with Gasteiger partial charge >= 0.3 is 12.0 Å². The number of benzene rings is 1. The highest BCUT2D eigenvalue weighted by Crippen LogP contribution is 2.38. The molecule has 20 heavy (non-hydrogen) atoms. The second-order valence-electron chi connectivity index (χ2n) is 5.25. The van der Waals surface area contributed by atoms with E-state index in [1.165, 1.54) is 12.1 Å². The summed E-state index contributed by atoms with van der Waals surface area (Å²) in [6, 6.07) is 4.29. The number of carboxylic acids is 1. The first-order valence-corrected chi connectivity index (χ1v) is 6.82. The molecule has 0 spiro atoms. The third-order valence-electron chi connectivity index (χ3n) is 3.60. The van der Waals surface area contributed by atoms with Gasteiger partial charge in [-0.25, -0.2) is 9.59 Å². The van der Waals surface area contributed by atoms with Gasteiger partial charge in [0.1, 0.15) is 5.56 Å². The minimum Gasteiger partial charge on any atom is -0.478 e. The van der Waals surface area contributed by atoms with Crippen LogP contribution in [0.4, 0.5) is 10.5 Å². The van der Waals surface area contributed by atoms with Crippen LogP contribution in [0.25, 0.3) is 0 Å². The van der Waals surface area contributed by atoms with Crippen LogP contribution >= 0.6 is 11.6 Å². The lowest BCUT2D eigenvalue weighted by molar-refractivity contribution is 0.0698. The molecule has 0 saturated heterocycles. The molecule has 1 saturated carbocycles. The third-order valence-corrected chi connectivity index (χ3v) is 3.92. The molecule has 1 aromatic rings. The number of amides is 2. The quantitative estimate of drug-likeness (QED) is 0.896. The van der Waals surface area contributed by atoms with Crippen molar-refractivity contribution in [3.8, 4) is 0 Å². The second kappa shape index (κ2) is 5.71. The summed E-state index contributed by atoms with van der Waals surface area (Å²) in [5.41, 5.74) is 0.126. The molecule has 2 amide bonds. The van der Waals surface area contributed by atoms with Crippen LogP contribution in [0, 0.1) is 11.8 Å². The highest BCUT2D eigenvalue weighted by atomic mass is 35.5. The number of carboxylic acid groups (broad SMARTS) is 1. The lowest BCUT2D eigenvalue weighted by Crippen LogP contribution is -2.33. The van der Waals surface area contributed by atoms with Crippen molar-refractivity contribution in [2.45, 2.75) is 13.3 Å². The SMILES string of the molecule is CC1CC1CN(C)C(=O)Nc1cccc(Cl)c1C(=O)O. The van der Waals surface area contributed by atoms with Crippen molar-refractivity contribution in [1.82, 2.24) is 4.90 Å². The number of urea groups is 1. The van der Waals surface area contributed by atoms with E-state index in [9.17, 15) is 9.59 Å². The van der Waals surface area contributed by atoms with E-state index in [1.54, 1.807) is 18.0 Å². The molecule has 2 rings (SSSR count). The smallest absolute Gasteiger partial charge is 0.339 e. The highest BCUT2D eigenvalue weighted by Gasteiger charge is 2.34. The summed E-state index contributed by atoms with van der Waals surface area (Å²) in [6.07, 6.45) is 1.13. The first-order valence-electron chi connectivity index (χ1n) is 6.44. The zero-order valence-electron chi connectivity index (χ0n) is 11.4. The van der Waals surface area contributed by atoms with Gasteiger partial charge in [0.2, 0.25) is 0 Å². The molecule has 2 N–H and O–H groups in total. The van der Waals surface area contributed by atoms with Gasteiger partial charge in [-0.15, -0.1) is 0 Å². The summed E-state index contributed by atoms with van der Waals surface area (Å²) < 4.78 is 0. The van der Waals surface area contributed by atoms with Crippen LogP contribution in [0.2, 0.25) is 5.02 Å². The number of hydrogen-bond donors (Lipinski definition) is 2. The standard InChI is InChI=1S/C14H17ClN2O3/c1-8-6-9(8)7-17(2)14(20)16-11-5-3-4-10(15)12(11)13(18)19/h3-5,8-9H,6-7H2,1-2H3,(H,16,20)(H,18,19). The normalized spacial score (nSPS) is 20.4. The first-order chi connectivity index (χ1) is 9.40. The molecule has 0 heterocycles. The van der Waals surface area contributed by atoms with Crippen molar-refractivity contribution >= 4 is 29.3 Å². The Hall–Kier alpha value is -1.75. The number of carbonyl (C=O) groups is 2. The molecule has 0 aliphatic heterocycles. The van der Waals surface area contributed by atoms with Crippen molar-refractivity contribution < 1.29 is 14.7 Å². The molecule has 0 aromatic heterocycles. The molecule has 6 heteroatoms. The Kier molecular flexibility index (Phi) is 4.18. The van der Waals surface area contributed by atoms with Crippen molar-refractivity contribution in [3.05, 3.63) is 28.8 Å². The number of nitrogens with zero attached hydrogens (tertiary/aromatic N) is 1. The van der Waals surface area contributed by atoms with E-state index in [0.29, 0.717) is 18.4 Å². The average molecular weight is 297 g/mol. The summed E-state index contributed by atoms with van der Waals surface area (Å²) in [4.78, 5) is 24.8. The number of hydrogen-bond acceptors (Lipinski definition) is 2. The first kappa shape index (κ1) is 14.7. The minimum absolute atomic E-state index is 0.0873. The van der Waals surface area contributed by atoms with E-state index in [4.69, 9.17) is 16.7 Å². The van der Waals surface area contributed by atoms with Crippen LogP contribution in [-0.4, -0.2) is 35.6 Å². The Morgan fingerprint density at radius 1 is 1.50 bits per heavy atom. The summed E-state index contributed by atoms with van der Waals surface area (Å²) in [6.45, 7) is 2.83. The zero-order chi connectivity index (χ0) is 14.9. The van der Waals surface area contributed by atoms with Gasteiger partial charge in [0.15, 0.2) is 0 Å². The van der Waals surface area contributed by atoms with E-state index < -0.39 is 5.97 Å². The molecular weight excluding hydrogens is 280 g/mol. The fraction of sp³-hybridized carbons (Fsp3) is 0.429. The van der Waals surface area contributed by atoms with Crippen LogP contribution in [0.3, 0.4) is 0 Å². The average Bonchev–Trinajstić information content (AvgIpc) is 3.04. The van der Waals surface area contributed by atoms with Crippen molar-refractivity contribution in [2.24, 2.45) is 11.8 Å². The van der Waals surface area contributed by atoms with Crippen LogP contribution in [-0.2, 0) is 0 Å². The topological polar surface area (TPSA) is 69.6 Å². The number of aromatic carboxylic acids is 1. The van der Waals surface area contributed by atoms with E-state index in [1.807, 2.05) is 0 Å². The fourth-order valence-electron chi connectivity index (χ4n) is 2.14. The van der Waals surface area contributed by atoms with Crippen molar-refractivity contribution in [3.63, 3.8) is 0 Å².